The second kappa shape index (κ2) is 5.79. The molecule has 0 saturated heterocycles. The SMILES string of the molecule is CCCCc1nc(-c2ccc(Cl)c([N+](=O)[O-])c2)no1. The van der Waals surface area contributed by atoms with Crippen LogP contribution in [0.4, 0.5) is 5.69 Å². The third kappa shape index (κ3) is 3.08. The largest absolute Gasteiger partial charge is 0.339 e. The van der Waals surface area contributed by atoms with Crippen molar-refractivity contribution in [2.75, 3.05) is 0 Å². The number of hydrogen-bond acceptors (Lipinski definition) is 5. The van der Waals surface area contributed by atoms with Gasteiger partial charge in [0, 0.05) is 18.1 Å². The molecule has 2 aromatic rings. The van der Waals surface area contributed by atoms with E-state index >= 15 is 0 Å². The van der Waals surface area contributed by atoms with E-state index in [0.29, 0.717) is 23.7 Å². The van der Waals surface area contributed by atoms with Crippen LogP contribution in [0.25, 0.3) is 11.4 Å². The quantitative estimate of drug-likeness (QED) is 0.617. The third-order valence-corrected chi connectivity index (χ3v) is 2.93. The molecule has 0 aliphatic rings. The van der Waals surface area contributed by atoms with E-state index in [4.69, 9.17) is 16.1 Å². The molecule has 0 aliphatic carbocycles. The van der Waals surface area contributed by atoms with Gasteiger partial charge in [0.1, 0.15) is 5.02 Å². The first-order valence-electron chi connectivity index (χ1n) is 5.88. The molecule has 0 amide bonds. The smallest absolute Gasteiger partial charge is 0.288 e. The molecule has 0 N–H and O–H groups in total. The number of benzene rings is 1. The van der Waals surface area contributed by atoms with Crippen LogP contribution in [0.3, 0.4) is 0 Å². The predicted molar refractivity (Wildman–Crippen MR) is 70.0 cm³/mol. The molecular weight excluding hydrogens is 270 g/mol. The summed E-state index contributed by atoms with van der Waals surface area (Å²) in [6.07, 6.45) is 2.70. The van der Waals surface area contributed by atoms with Crippen LogP contribution in [0.5, 0.6) is 0 Å². The number of nitro benzene ring substituents is 1. The summed E-state index contributed by atoms with van der Waals surface area (Å²) in [5, 5.41) is 14.7. The minimum absolute atomic E-state index is 0.0865. The lowest BCUT2D eigenvalue weighted by molar-refractivity contribution is -0.384. The van der Waals surface area contributed by atoms with Crippen molar-refractivity contribution in [3.63, 3.8) is 0 Å². The van der Waals surface area contributed by atoms with Gasteiger partial charge in [-0.1, -0.05) is 30.1 Å². The number of hydrogen-bond donors (Lipinski definition) is 0. The number of nitro groups is 1. The van der Waals surface area contributed by atoms with Gasteiger partial charge >= 0.3 is 0 Å². The Hall–Kier alpha value is -1.95. The summed E-state index contributed by atoms with van der Waals surface area (Å²) in [6, 6.07) is 4.43. The molecule has 1 aromatic heterocycles. The van der Waals surface area contributed by atoms with Crippen LogP contribution >= 0.6 is 11.6 Å². The van der Waals surface area contributed by atoms with E-state index in [1.165, 1.54) is 12.1 Å². The number of halogens is 1. The summed E-state index contributed by atoms with van der Waals surface area (Å²) in [5.74, 6) is 0.875. The normalized spacial score (nSPS) is 10.6. The zero-order valence-corrected chi connectivity index (χ0v) is 11.1. The maximum absolute atomic E-state index is 10.8. The average Bonchev–Trinajstić information content (AvgIpc) is 2.85. The molecule has 2 rings (SSSR count). The van der Waals surface area contributed by atoms with Crippen LogP contribution in [0.15, 0.2) is 22.7 Å². The highest BCUT2D eigenvalue weighted by Crippen LogP contribution is 2.29. The van der Waals surface area contributed by atoms with Gasteiger partial charge in [-0.2, -0.15) is 4.98 Å². The van der Waals surface area contributed by atoms with Crippen LogP contribution in [0.1, 0.15) is 25.7 Å². The molecule has 6 nitrogen and oxygen atoms in total. The van der Waals surface area contributed by atoms with Gasteiger partial charge in [-0.25, -0.2) is 0 Å². The molecular formula is C12H12ClN3O3. The molecule has 0 saturated carbocycles. The maximum Gasteiger partial charge on any atom is 0.288 e. The predicted octanol–water partition coefficient (Wildman–Crippen LogP) is 3.64. The lowest BCUT2D eigenvalue weighted by atomic mass is 10.2. The summed E-state index contributed by atoms with van der Waals surface area (Å²) in [7, 11) is 0. The fourth-order valence-corrected chi connectivity index (χ4v) is 1.78. The van der Waals surface area contributed by atoms with E-state index in [1.807, 2.05) is 0 Å². The number of aromatic nitrogens is 2. The summed E-state index contributed by atoms with van der Waals surface area (Å²) in [5.41, 5.74) is 0.349. The topological polar surface area (TPSA) is 82.1 Å². The summed E-state index contributed by atoms with van der Waals surface area (Å²) < 4.78 is 5.09. The minimum atomic E-state index is -0.538. The molecule has 1 heterocycles. The van der Waals surface area contributed by atoms with E-state index in [1.54, 1.807) is 6.07 Å². The Morgan fingerprint density at radius 2 is 2.26 bits per heavy atom. The molecule has 100 valence electrons. The van der Waals surface area contributed by atoms with Gasteiger partial charge in [-0.3, -0.25) is 10.1 Å². The number of nitrogens with zero attached hydrogens (tertiary/aromatic N) is 3. The molecule has 0 bridgehead atoms. The zero-order valence-electron chi connectivity index (χ0n) is 10.3. The van der Waals surface area contributed by atoms with Crippen molar-refractivity contribution in [2.24, 2.45) is 0 Å². The van der Waals surface area contributed by atoms with Gasteiger partial charge < -0.3 is 4.52 Å². The monoisotopic (exact) mass is 281 g/mol. The highest BCUT2D eigenvalue weighted by molar-refractivity contribution is 6.32. The van der Waals surface area contributed by atoms with Crippen molar-refractivity contribution in [1.29, 1.82) is 0 Å². The third-order valence-electron chi connectivity index (χ3n) is 2.61. The van der Waals surface area contributed by atoms with Crippen LogP contribution < -0.4 is 0 Å². The highest BCUT2D eigenvalue weighted by atomic mass is 35.5. The fourth-order valence-electron chi connectivity index (χ4n) is 1.59. The summed E-state index contributed by atoms with van der Waals surface area (Å²) in [6.45, 7) is 2.07. The van der Waals surface area contributed by atoms with Gasteiger partial charge in [0.15, 0.2) is 0 Å². The first kappa shape index (κ1) is 13.5. The van der Waals surface area contributed by atoms with Crippen molar-refractivity contribution in [1.82, 2.24) is 10.1 Å². The average molecular weight is 282 g/mol. The van der Waals surface area contributed by atoms with Crippen LogP contribution in [-0.2, 0) is 6.42 Å². The first-order chi connectivity index (χ1) is 9.11. The number of rotatable bonds is 5. The Labute approximate surface area is 114 Å². The fraction of sp³-hybridized carbons (Fsp3) is 0.333. The minimum Gasteiger partial charge on any atom is -0.339 e. The Morgan fingerprint density at radius 3 is 2.95 bits per heavy atom. The Balaban J connectivity index is 2.29. The molecule has 0 spiro atoms. The van der Waals surface area contributed by atoms with Crippen molar-refractivity contribution in [3.8, 4) is 11.4 Å². The molecule has 0 radical (unpaired) electrons. The zero-order chi connectivity index (χ0) is 13.8. The van der Waals surface area contributed by atoms with Crippen LogP contribution in [0.2, 0.25) is 5.02 Å². The van der Waals surface area contributed by atoms with Gasteiger partial charge in [0.2, 0.25) is 11.7 Å². The van der Waals surface area contributed by atoms with Crippen LogP contribution in [-0.4, -0.2) is 15.1 Å². The van der Waals surface area contributed by atoms with E-state index in [9.17, 15) is 10.1 Å². The second-order valence-electron chi connectivity index (χ2n) is 4.04. The number of aryl methyl sites for hydroxylation is 1. The van der Waals surface area contributed by atoms with Gasteiger partial charge in [0.05, 0.1) is 4.92 Å². The first-order valence-corrected chi connectivity index (χ1v) is 6.26. The second-order valence-corrected chi connectivity index (χ2v) is 4.45. The molecule has 0 aliphatic heterocycles. The standard InChI is InChI=1S/C12H12ClN3O3/c1-2-3-4-11-14-12(15-19-11)8-5-6-9(13)10(7-8)16(17)18/h5-7H,2-4H2,1H3. The maximum atomic E-state index is 10.8. The summed E-state index contributed by atoms with van der Waals surface area (Å²) in [4.78, 5) is 14.5. The van der Waals surface area contributed by atoms with E-state index in [2.05, 4.69) is 17.1 Å². The summed E-state index contributed by atoms with van der Waals surface area (Å²) >= 11 is 5.75. The lowest BCUT2D eigenvalue weighted by Gasteiger charge is -1.97. The van der Waals surface area contributed by atoms with E-state index in [0.717, 1.165) is 12.8 Å². The van der Waals surface area contributed by atoms with Crippen molar-refractivity contribution in [2.45, 2.75) is 26.2 Å². The highest BCUT2D eigenvalue weighted by Gasteiger charge is 2.16. The number of unbranched alkanes of at least 4 members (excludes halogenated alkanes) is 1. The Kier molecular flexibility index (Phi) is 4.11. The lowest BCUT2D eigenvalue weighted by Crippen LogP contribution is -1.91. The van der Waals surface area contributed by atoms with E-state index in [-0.39, 0.29) is 10.7 Å². The molecule has 7 heteroatoms. The molecule has 1 aromatic carbocycles. The van der Waals surface area contributed by atoms with Crippen molar-refractivity contribution in [3.05, 3.63) is 39.2 Å². The van der Waals surface area contributed by atoms with E-state index < -0.39 is 4.92 Å². The van der Waals surface area contributed by atoms with Crippen LogP contribution in [0, 0.1) is 10.1 Å². The molecule has 19 heavy (non-hydrogen) atoms. The Bertz CT molecular complexity index is 598. The molecule has 0 atom stereocenters. The van der Waals surface area contributed by atoms with Gasteiger partial charge in [-0.05, 0) is 18.6 Å². The van der Waals surface area contributed by atoms with Gasteiger partial charge in [-0.15, -0.1) is 0 Å². The molecule has 0 fully saturated rings. The van der Waals surface area contributed by atoms with Crippen molar-refractivity contribution < 1.29 is 9.45 Å². The molecule has 0 unspecified atom stereocenters. The van der Waals surface area contributed by atoms with Gasteiger partial charge in [0.25, 0.3) is 5.69 Å². The van der Waals surface area contributed by atoms with Crippen molar-refractivity contribution >= 4 is 17.3 Å². The Morgan fingerprint density at radius 1 is 1.47 bits per heavy atom.